The van der Waals surface area contributed by atoms with Crippen molar-refractivity contribution in [3.8, 4) is 11.5 Å². The molecule has 2 aromatic carbocycles. The molecule has 51 heavy (non-hydrogen) atoms. The van der Waals surface area contributed by atoms with Crippen LogP contribution in [0.1, 0.15) is 88.4 Å². The average molecular weight is 732 g/mol. The first-order chi connectivity index (χ1) is 23.9. The normalized spacial score (nSPS) is 15.8. The third kappa shape index (κ3) is 11.5. The molecule has 3 rings (SSSR count). The zero-order valence-electron chi connectivity index (χ0n) is 30.7. The van der Waals surface area contributed by atoms with Crippen molar-refractivity contribution in [2.24, 2.45) is 11.8 Å². The summed E-state index contributed by atoms with van der Waals surface area (Å²) in [6.07, 6.45) is 0.263. The molecule has 1 heterocycles. The van der Waals surface area contributed by atoms with Crippen LogP contribution in [0.25, 0.3) is 0 Å². The number of benzene rings is 2. The summed E-state index contributed by atoms with van der Waals surface area (Å²) in [7, 11) is -1.87. The summed E-state index contributed by atoms with van der Waals surface area (Å²) in [5.41, 5.74) is -0.308. The van der Waals surface area contributed by atoms with Gasteiger partial charge in [-0.25, -0.2) is 18.9 Å². The molecule has 3 amide bonds. The number of hydrogen-bond acceptors (Lipinski definition) is 11. The van der Waals surface area contributed by atoms with E-state index in [0.29, 0.717) is 12.8 Å². The van der Waals surface area contributed by atoms with Crippen LogP contribution >= 0.6 is 7.60 Å². The molecule has 0 bridgehead atoms. The molecular formula is C36H50N3O11P. The molecule has 280 valence electrons. The number of carbonyl (C=O) groups is 5. The Morgan fingerprint density at radius 1 is 0.824 bits per heavy atom. The molecule has 0 radical (unpaired) electrons. The van der Waals surface area contributed by atoms with E-state index in [1.54, 1.807) is 34.6 Å². The third-order valence-electron chi connectivity index (χ3n) is 7.84. The fourth-order valence-corrected chi connectivity index (χ4v) is 7.47. The van der Waals surface area contributed by atoms with Gasteiger partial charge in [0, 0.05) is 6.54 Å². The molecule has 2 N–H and O–H groups in total. The lowest BCUT2D eigenvalue weighted by atomic mass is 10.0. The number of nitrogens with zero attached hydrogens (tertiary/aromatic N) is 1. The van der Waals surface area contributed by atoms with Crippen LogP contribution in [0.2, 0.25) is 0 Å². The predicted octanol–water partition coefficient (Wildman–Crippen LogP) is 5.94. The van der Waals surface area contributed by atoms with Crippen molar-refractivity contribution in [2.45, 2.75) is 91.2 Å². The van der Waals surface area contributed by atoms with Crippen LogP contribution in [-0.4, -0.2) is 79.0 Å². The first-order valence-electron chi connectivity index (χ1n) is 16.8. The van der Waals surface area contributed by atoms with Gasteiger partial charge in [0.2, 0.25) is 11.8 Å². The first kappa shape index (κ1) is 40.8. The van der Waals surface area contributed by atoms with E-state index in [1.807, 2.05) is 13.8 Å². The molecule has 1 aliphatic rings. The monoisotopic (exact) mass is 731 g/mol. The van der Waals surface area contributed by atoms with Gasteiger partial charge in [0.1, 0.15) is 29.2 Å². The van der Waals surface area contributed by atoms with Crippen molar-refractivity contribution in [1.82, 2.24) is 15.5 Å². The van der Waals surface area contributed by atoms with Crippen molar-refractivity contribution in [3.63, 3.8) is 0 Å². The average Bonchev–Trinajstić information content (AvgIpc) is 3.56. The molecule has 0 aromatic heterocycles. The van der Waals surface area contributed by atoms with Gasteiger partial charge in [0.25, 0.3) is 0 Å². The highest BCUT2D eigenvalue weighted by molar-refractivity contribution is 7.55. The first-order valence-corrected chi connectivity index (χ1v) is 18.4. The van der Waals surface area contributed by atoms with Crippen LogP contribution in [0.15, 0.2) is 48.5 Å². The summed E-state index contributed by atoms with van der Waals surface area (Å²) in [5, 5.41) is 5.53. The molecule has 15 heteroatoms. The van der Waals surface area contributed by atoms with E-state index < -0.39 is 60.9 Å². The smallest absolute Gasteiger partial charge is 0.452 e. The quantitative estimate of drug-likeness (QED) is 0.134. The van der Waals surface area contributed by atoms with Gasteiger partial charge >= 0.3 is 25.6 Å². The van der Waals surface area contributed by atoms with E-state index in [-0.39, 0.29) is 47.4 Å². The van der Waals surface area contributed by atoms with Crippen molar-refractivity contribution < 1.29 is 51.8 Å². The summed E-state index contributed by atoms with van der Waals surface area (Å²) >= 11 is 0. The van der Waals surface area contributed by atoms with Crippen LogP contribution in [0.4, 0.5) is 4.79 Å². The number of ether oxygens (including phenoxy) is 3. The SMILES string of the molecule is COC(=O)c1ccc(OP(=O)(Oc2ccc(C(=O)OC)cc2)C(CC(C)C)NC(=O)[C@@H]2CCCN2C(=O)[C@@H](NC(=O)OC(C)(C)C)C(C)C)cc1. The molecule has 2 aromatic rings. The van der Waals surface area contributed by atoms with Crippen molar-refractivity contribution in [3.05, 3.63) is 59.7 Å². The summed E-state index contributed by atoms with van der Waals surface area (Å²) in [4.78, 5) is 66.0. The number of hydrogen-bond donors (Lipinski definition) is 2. The van der Waals surface area contributed by atoms with Crippen LogP contribution in [0.3, 0.4) is 0 Å². The highest BCUT2D eigenvalue weighted by atomic mass is 31.2. The number of nitrogens with one attached hydrogen (secondary N) is 2. The standard InChI is InChI=1S/C36H50N3O11P/c1-22(2)21-29(37-31(40)28-11-10-20-39(28)32(41)30(23(3)4)38-35(44)48-36(5,6)7)51(45,49-26-16-12-24(13-17-26)33(42)46-8)50-27-18-14-25(15-19-27)34(43)47-9/h12-19,22-23,28-30H,10-11,20-21H2,1-9H3,(H,37,40)(H,38,44)/t28-,29?,30-/m0/s1. The maximum Gasteiger partial charge on any atom is 0.452 e. The molecule has 0 spiro atoms. The lowest BCUT2D eigenvalue weighted by molar-refractivity contribution is -0.141. The van der Waals surface area contributed by atoms with Crippen LogP contribution in [0, 0.1) is 11.8 Å². The fourth-order valence-electron chi connectivity index (χ4n) is 5.38. The number of amides is 3. The Morgan fingerprint density at radius 2 is 1.31 bits per heavy atom. The second kappa shape index (κ2) is 17.6. The second-order valence-corrected chi connectivity index (χ2v) is 16.0. The lowest BCUT2D eigenvalue weighted by Gasteiger charge is -2.33. The minimum atomic E-state index is -4.37. The molecule has 1 saturated heterocycles. The Morgan fingerprint density at radius 3 is 1.73 bits per heavy atom. The lowest BCUT2D eigenvalue weighted by Crippen LogP contribution is -2.56. The maximum atomic E-state index is 15.0. The molecule has 1 fully saturated rings. The van der Waals surface area contributed by atoms with E-state index in [1.165, 1.54) is 67.7 Å². The number of likely N-dealkylation sites (tertiary alicyclic amines) is 1. The number of esters is 2. The Labute approximate surface area is 299 Å². The Kier molecular flexibility index (Phi) is 14.1. The number of carbonyl (C=O) groups excluding carboxylic acids is 5. The zero-order chi connectivity index (χ0) is 38.1. The molecular weight excluding hydrogens is 681 g/mol. The van der Waals surface area contributed by atoms with E-state index in [2.05, 4.69) is 10.6 Å². The van der Waals surface area contributed by atoms with E-state index >= 15 is 0 Å². The number of methoxy groups -OCH3 is 2. The highest BCUT2D eigenvalue weighted by Crippen LogP contribution is 2.54. The molecule has 0 saturated carbocycles. The van der Waals surface area contributed by atoms with Crippen molar-refractivity contribution in [2.75, 3.05) is 20.8 Å². The van der Waals surface area contributed by atoms with Gasteiger partial charge in [0.15, 0.2) is 5.78 Å². The summed E-state index contributed by atoms with van der Waals surface area (Å²) in [5.74, 6) is -3.62. The fraction of sp³-hybridized carbons (Fsp3) is 0.528. The maximum absolute atomic E-state index is 15.0. The summed E-state index contributed by atoms with van der Waals surface area (Å²) < 4.78 is 42.0. The largest absolute Gasteiger partial charge is 0.465 e. The van der Waals surface area contributed by atoms with Crippen molar-refractivity contribution in [1.29, 1.82) is 0 Å². The van der Waals surface area contributed by atoms with Gasteiger partial charge in [0.05, 0.1) is 25.3 Å². The summed E-state index contributed by atoms with van der Waals surface area (Å²) in [6.45, 7) is 12.7. The van der Waals surface area contributed by atoms with Gasteiger partial charge in [-0.3, -0.25) is 9.59 Å². The Bertz CT molecular complexity index is 1520. The van der Waals surface area contributed by atoms with E-state index in [4.69, 9.17) is 23.3 Å². The van der Waals surface area contributed by atoms with E-state index in [9.17, 15) is 28.5 Å². The minimum absolute atomic E-state index is 0.0887. The number of alkyl carbamates (subject to hydrolysis) is 1. The van der Waals surface area contributed by atoms with Crippen molar-refractivity contribution >= 4 is 37.4 Å². The van der Waals surface area contributed by atoms with Gasteiger partial charge in [-0.15, -0.1) is 0 Å². The van der Waals surface area contributed by atoms with E-state index in [0.717, 1.165) is 0 Å². The molecule has 14 nitrogen and oxygen atoms in total. The van der Waals surface area contributed by atoms with Gasteiger partial charge in [-0.05, 0) is 100 Å². The Hall–Kier alpha value is -4.58. The molecule has 1 unspecified atom stereocenters. The minimum Gasteiger partial charge on any atom is -0.465 e. The molecule has 1 aliphatic heterocycles. The van der Waals surface area contributed by atoms with Crippen LogP contribution in [-0.2, 0) is 28.4 Å². The Balaban J connectivity index is 1.95. The topological polar surface area (TPSA) is 176 Å². The van der Waals surface area contributed by atoms with Gasteiger partial charge < -0.3 is 38.8 Å². The third-order valence-corrected chi connectivity index (χ3v) is 9.88. The van der Waals surface area contributed by atoms with Gasteiger partial charge in [-0.2, -0.15) is 0 Å². The predicted molar refractivity (Wildman–Crippen MR) is 189 cm³/mol. The highest BCUT2D eigenvalue weighted by Gasteiger charge is 2.45. The molecule has 0 aliphatic carbocycles. The molecule has 3 atom stereocenters. The second-order valence-electron chi connectivity index (χ2n) is 14.0. The van der Waals surface area contributed by atoms with Gasteiger partial charge in [-0.1, -0.05) is 27.7 Å². The zero-order valence-corrected chi connectivity index (χ0v) is 31.6. The van der Waals surface area contributed by atoms with Crippen LogP contribution in [0.5, 0.6) is 11.5 Å². The number of rotatable bonds is 14. The summed E-state index contributed by atoms with van der Waals surface area (Å²) in [6, 6.07) is 9.57. The van der Waals surface area contributed by atoms with Crippen LogP contribution < -0.4 is 19.7 Å².